The molecular weight excluding hydrogens is 195 g/mol. The van der Waals surface area contributed by atoms with Crippen LogP contribution >= 0.6 is 0 Å². The second-order valence-electron chi connectivity index (χ2n) is 3.18. The molecule has 0 N–H and O–H groups in total. The first-order chi connectivity index (χ1) is 7.29. The summed E-state index contributed by atoms with van der Waals surface area (Å²) < 4.78 is 24.0. The molecule has 0 aliphatic rings. The number of halogens is 1. The van der Waals surface area contributed by atoms with Gasteiger partial charge in [-0.3, -0.25) is 0 Å². The van der Waals surface area contributed by atoms with E-state index in [4.69, 9.17) is 9.47 Å². The Morgan fingerprint density at radius 2 is 1.87 bits per heavy atom. The van der Waals surface area contributed by atoms with E-state index in [1.165, 1.54) is 12.1 Å². The average molecular weight is 211 g/mol. The molecule has 3 heteroatoms. The zero-order valence-corrected chi connectivity index (χ0v) is 9.18. The van der Waals surface area contributed by atoms with Crippen LogP contribution in [0.25, 0.3) is 0 Å². The summed E-state index contributed by atoms with van der Waals surface area (Å²) in [7, 11) is 0. The SMILES string of the molecule is CCCOc1[c]ccc(F)c1OCCC. The summed E-state index contributed by atoms with van der Waals surface area (Å²) in [5.41, 5.74) is 0. The van der Waals surface area contributed by atoms with E-state index in [-0.39, 0.29) is 5.75 Å². The van der Waals surface area contributed by atoms with Crippen LogP contribution in [-0.4, -0.2) is 13.2 Å². The molecule has 0 saturated carbocycles. The first kappa shape index (κ1) is 11.8. The summed E-state index contributed by atoms with van der Waals surface area (Å²) in [6, 6.07) is 5.66. The van der Waals surface area contributed by atoms with Gasteiger partial charge < -0.3 is 9.47 Å². The third-order valence-electron chi connectivity index (χ3n) is 1.77. The number of ether oxygens (including phenoxy) is 2. The van der Waals surface area contributed by atoms with Gasteiger partial charge in [-0.05, 0) is 25.0 Å². The maximum Gasteiger partial charge on any atom is 0.197 e. The van der Waals surface area contributed by atoms with Crippen molar-refractivity contribution >= 4 is 0 Å². The van der Waals surface area contributed by atoms with E-state index >= 15 is 0 Å². The molecule has 0 unspecified atom stereocenters. The summed E-state index contributed by atoms with van der Waals surface area (Å²) >= 11 is 0. The summed E-state index contributed by atoms with van der Waals surface area (Å²) in [6.07, 6.45) is 1.71. The number of hydrogen-bond acceptors (Lipinski definition) is 2. The highest BCUT2D eigenvalue weighted by atomic mass is 19.1. The van der Waals surface area contributed by atoms with Gasteiger partial charge in [0.2, 0.25) is 0 Å². The van der Waals surface area contributed by atoms with Gasteiger partial charge in [0.1, 0.15) is 0 Å². The quantitative estimate of drug-likeness (QED) is 0.719. The molecule has 0 saturated heterocycles. The maximum atomic E-state index is 13.4. The zero-order chi connectivity index (χ0) is 11.1. The molecule has 0 bridgehead atoms. The molecule has 0 amide bonds. The van der Waals surface area contributed by atoms with Crippen LogP contribution in [0.1, 0.15) is 26.7 Å². The van der Waals surface area contributed by atoms with Crippen molar-refractivity contribution in [2.24, 2.45) is 0 Å². The van der Waals surface area contributed by atoms with E-state index < -0.39 is 5.82 Å². The first-order valence-electron chi connectivity index (χ1n) is 5.25. The van der Waals surface area contributed by atoms with Gasteiger partial charge in [-0.15, -0.1) is 0 Å². The molecule has 1 aromatic rings. The van der Waals surface area contributed by atoms with Crippen molar-refractivity contribution in [2.45, 2.75) is 26.7 Å². The highest BCUT2D eigenvalue weighted by Crippen LogP contribution is 2.29. The number of hydrogen-bond donors (Lipinski definition) is 0. The fourth-order valence-electron chi connectivity index (χ4n) is 1.09. The van der Waals surface area contributed by atoms with Gasteiger partial charge in [0, 0.05) is 6.07 Å². The van der Waals surface area contributed by atoms with Crippen molar-refractivity contribution in [3.8, 4) is 11.5 Å². The van der Waals surface area contributed by atoms with Crippen molar-refractivity contribution in [1.82, 2.24) is 0 Å². The molecule has 83 valence electrons. The molecule has 0 heterocycles. The smallest absolute Gasteiger partial charge is 0.197 e. The molecule has 1 aromatic carbocycles. The van der Waals surface area contributed by atoms with Crippen molar-refractivity contribution in [3.05, 3.63) is 24.0 Å². The molecule has 0 aliphatic heterocycles. The highest BCUT2D eigenvalue weighted by Gasteiger charge is 2.10. The Labute approximate surface area is 90.0 Å². The Kier molecular flexibility index (Phi) is 4.95. The summed E-state index contributed by atoms with van der Waals surface area (Å²) in [6.45, 7) is 4.99. The molecule has 0 fully saturated rings. The van der Waals surface area contributed by atoms with Crippen molar-refractivity contribution in [2.75, 3.05) is 13.2 Å². The molecule has 0 aromatic heterocycles. The Hall–Kier alpha value is -1.25. The molecule has 15 heavy (non-hydrogen) atoms. The van der Waals surface area contributed by atoms with Crippen molar-refractivity contribution < 1.29 is 13.9 Å². The van der Waals surface area contributed by atoms with E-state index in [0.29, 0.717) is 19.0 Å². The Bertz CT molecular complexity index is 300. The molecule has 0 spiro atoms. The van der Waals surface area contributed by atoms with Gasteiger partial charge in [0.15, 0.2) is 17.3 Å². The van der Waals surface area contributed by atoms with Gasteiger partial charge in [0.05, 0.1) is 13.2 Å². The van der Waals surface area contributed by atoms with Crippen LogP contribution in [0.15, 0.2) is 12.1 Å². The minimum absolute atomic E-state index is 0.174. The van der Waals surface area contributed by atoms with Crippen LogP contribution in [0.5, 0.6) is 11.5 Å². The Morgan fingerprint density at radius 3 is 2.53 bits per heavy atom. The summed E-state index contributed by atoms with van der Waals surface area (Å²) in [5.74, 6) is 0.145. The van der Waals surface area contributed by atoms with Gasteiger partial charge in [-0.1, -0.05) is 13.8 Å². The van der Waals surface area contributed by atoms with E-state index in [0.717, 1.165) is 12.8 Å². The predicted octanol–water partition coefficient (Wildman–Crippen LogP) is 3.20. The molecule has 0 aliphatic carbocycles. The van der Waals surface area contributed by atoms with E-state index in [2.05, 4.69) is 6.07 Å². The van der Waals surface area contributed by atoms with Gasteiger partial charge >= 0.3 is 0 Å². The maximum absolute atomic E-state index is 13.4. The Balaban J connectivity index is 2.77. The molecule has 0 atom stereocenters. The molecule has 1 radical (unpaired) electrons. The lowest BCUT2D eigenvalue weighted by Gasteiger charge is -2.11. The molecule has 1 rings (SSSR count). The highest BCUT2D eigenvalue weighted by molar-refractivity contribution is 5.39. The fraction of sp³-hybridized carbons (Fsp3) is 0.500. The topological polar surface area (TPSA) is 18.5 Å². The predicted molar refractivity (Wildman–Crippen MR) is 56.8 cm³/mol. The standard InChI is InChI=1S/C12H16FO2/c1-3-8-14-11-7-5-6-10(13)12(11)15-9-4-2/h5-6H,3-4,8-9H2,1-2H3. The Morgan fingerprint density at radius 1 is 1.20 bits per heavy atom. The lowest BCUT2D eigenvalue weighted by molar-refractivity contribution is 0.257. The largest absolute Gasteiger partial charge is 0.489 e. The molecule has 2 nitrogen and oxygen atoms in total. The van der Waals surface area contributed by atoms with Crippen LogP contribution in [0.3, 0.4) is 0 Å². The van der Waals surface area contributed by atoms with E-state index in [9.17, 15) is 4.39 Å². The second kappa shape index (κ2) is 6.27. The monoisotopic (exact) mass is 211 g/mol. The lowest BCUT2D eigenvalue weighted by Crippen LogP contribution is -2.03. The average Bonchev–Trinajstić information content (AvgIpc) is 2.25. The normalized spacial score (nSPS) is 10.1. The second-order valence-corrected chi connectivity index (χ2v) is 3.18. The van der Waals surface area contributed by atoms with E-state index in [1.54, 1.807) is 0 Å². The first-order valence-corrected chi connectivity index (χ1v) is 5.25. The fourth-order valence-corrected chi connectivity index (χ4v) is 1.09. The van der Waals surface area contributed by atoms with Gasteiger partial charge in [-0.2, -0.15) is 0 Å². The molecular formula is C12H16FO2. The summed E-state index contributed by atoms with van der Waals surface area (Å²) in [5, 5.41) is 0. The number of benzene rings is 1. The minimum Gasteiger partial charge on any atom is -0.489 e. The minimum atomic E-state index is -0.395. The van der Waals surface area contributed by atoms with Crippen LogP contribution in [0, 0.1) is 11.9 Å². The van der Waals surface area contributed by atoms with Crippen molar-refractivity contribution in [3.63, 3.8) is 0 Å². The third-order valence-corrected chi connectivity index (χ3v) is 1.77. The van der Waals surface area contributed by atoms with Gasteiger partial charge in [-0.25, -0.2) is 4.39 Å². The van der Waals surface area contributed by atoms with Gasteiger partial charge in [0.25, 0.3) is 0 Å². The van der Waals surface area contributed by atoms with E-state index in [1.807, 2.05) is 13.8 Å². The van der Waals surface area contributed by atoms with Crippen LogP contribution in [0.4, 0.5) is 4.39 Å². The van der Waals surface area contributed by atoms with Crippen LogP contribution < -0.4 is 9.47 Å². The van der Waals surface area contributed by atoms with Crippen LogP contribution in [-0.2, 0) is 0 Å². The lowest BCUT2D eigenvalue weighted by atomic mass is 10.3. The third kappa shape index (κ3) is 3.42. The number of rotatable bonds is 6. The summed E-state index contributed by atoms with van der Waals surface area (Å²) in [4.78, 5) is 0. The van der Waals surface area contributed by atoms with Crippen molar-refractivity contribution in [1.29, 1.82) is 0 Å². The van der Waals surface area contributed by atoms with Crippen LogP contribution in [0.2, 0.25) is 0 Å². The zero-order valence-electron chi connectivity index (χ0n) is 9.18.